The molecule has 2 heterocycles. The highest BCUT2D eigenvalue weighted by Gasteiger charge is 2.16. The zero-order chi connectivity index (χ0) is 10.8. The number of ether oxygens (including phenoxy) is 1. The van der Waals surface area contributed by atoms with Crippen LogP contribution >= 0.6 is 11.3 Å². The first-order valence-corrected chi connectivity index (χ1v) is 4.93. The molecule has 2 aromatic heterocycles. The molecule has 0 saturated heterocycles. The van der Waals surface area contributed by atoms with Crippen molar-refractivity contribution in [2.45, 2.75) is 0 Å². The molecule has 2 rings (SSSR count). The largest absolute Gasteiger partial charge is 0.473 e. The molecule has 6 nitrogen and oxygen atoms in total. The summed E-state index contributed by atoms with van der Waals surface area (Å²) in [5, 5.41) is 7.88. The highest BCUT2D eigenvalue weighted by atomic mass is 32.1. The third kappa shape index (κ3) is 1.86. The van der Waals surface area contributed by atoms with Crippen molar-refractivity contribution in [3.05, 3.63) is 23.0 Å². The summed E-state index contributed by atoms with van der Waals surface area (Å²) < 4.78 is 6.38. The van der Waals surface area contributed by atoms with E-state index in [0.29, 0.717) is 15.8 Å². The van der Waals surface area contributed by atoms with E-state index in [1.807, 2.05) is 0 Å². The highest BCUT2D eigenvalue weighted by molar-refractivity contribution is 7.15. The van der Waals surface area contributed by atoms with E-state index in [2.05, 4.69) is 15.3 Å². The quantitative estimate of drug-likeness (QED) is 0.710. The van der Waals surface area contributed by atoms with Crippen LogP contribution in [0.3, 0.4) is 0 Å². The minimum absolute atomic E-state index is 0.191. The lowest BCUT2D eigenvalue weighted by molar-refractivity contribution is 0.103. The molecule has 2 aromatic rings. The molecule has 0 aliphatic carbocycles. The lowest BCUT2D eigenvalue weighted by Gasteiger charge is -1.89. The molecule has 7 heteroatoms. The Hall–Kier alpha value is -1.76. The molecule has 0 amide bonds. The summed E-state index contributed by atoms with van der Waals surface area (Å²) in [5.74, 6) is -0.191. The first-order chi connectivity index (χ1) is 7.20. The lowest BCUT2D eigenvalue weighted by Crippen LogP contribution is -1.98. The summed E-state index contributed by atoms with van der Waals surface area (Å²) in [4.78, 5) is 16.2. The summed E-state index contributed by atoms with van der Waals surface area (Å²) in [7, 11) is 3.21. The van der Waals surface area contributed by atoms with Crippen molar-refractivity contribution < 1.29 is 9.53 Å². The molecule has 78 valence electrons. The van der Waals surface area contributed by atoms with E-state index in [1.165, 1.54) is 29.3 Å². The molecule has 0 spiro atoms. The van der Waals surface area contributed by atoms with Crippen molar-refractivity contribution in [2.24, 2.45) is 7.05 Å². The van der Waals surface area contributed by atoms with E-state index in [9.17, 15) is 4.79 Å². The molecule has 0 N–H and O–H groups in total. The lowest BCUT2D eigenvalue weighted by atomic mass is 10.3. The van der Waals surface area contributed by atoms with Gasteiger partial charge in [0.25, 0.3) is 5.19 Å². The number of ketones is 1. The second-order valence-electron chi connectivity index (χ2n) is 2.80. The molecule has 0 radical (unpaired) electrons. The van der Waals surface area contributed by atoms with Gasteiger partial charge in [-0.25, -0.2) is 4.98 Å². The second-order valence-corrected chi connectivity index (χ2v) is 3.79. The van der Waals surface area contributed by atoms with Gasteiger partial charge in [0, 0.05) is 7.05 Å². The normalized spacial score (nSPS) is 10.3. The van der Waals surface area contributed by atoms with Crippen LogP contribution in [0, 0.1) is 0 Å². The molecule has 0 fully saturated rings. The topological polar surface area (TPSA) is 69.9 Å². The maximum Gasteiger partial charge on any atom is 0.273 e. The van der Waals surface area contributed by atoms with Crippen molar-refractivity contribution in [3.8, 4) is 5.19 Å². The van der Waals surface area contributed by atoms with Crippen LogP contribution in [0.15, 0.2) is 12.4 Å². The number of methoxy groups -OCH3 is 1. The van der Waals surface area contributed by atoms with Gasteiger partial charge in [0.15, 0.2) is 5.69 Å². The fraction of sp³-hybridized carbons (Fsp3) is 0.250. The predicted molar refractivity (Wildman–Crippen MR) is 53.1 cm³/mol. The predicted octanol–water partition coefficient (Wildman–Crippen LogP) is 0.511. The summed E-state index contributed by atoms with van der Waals surface area (Å²) >= 11 is 1.19. The average molecular weight is 224 g/mol. The number of carbonyl (C=O) groups is 1. The fourth-order valence-electron chi connectivity index (χ4n) is 1.04. The van der Waals surface area contributed by atoms with Crippen LogP contribution in [0.1, 0.15) is 15.4 Å². The van der Waals surface area contributed by atoms with Crippen LogP contribution in [-0.4, -0.2) is 32.9 Å². The Kier molecular flexibility index (Phi) is 2.46. The maximum atomic E-state index is 11.8. The van der Waals surface area contributed by atoms with Gasteiger partial charge in [-0.2, -0.15) is 0 Å². The third-order valence-corrected chi connectivity index (χ3v) is 2.68. The number of nitrogens with zero attached hydrogens (tertiary/aromatic N) is 4. The van der Waals surface area contributed by atoms with Crippen molar-refractivity contribution in [3.63, 3.8) is 0 Å². The minimum atomic E-state index is -0.191. The zero-order valence-corrected chi connectivity index (χ0v) is 8.98. The summed E-state index contributed by atoms with van der Waals surface area (Å²) in [5.41, 5.74) is 0.309. The third-order valence-electron chi connectivity index (χ3n) is 1.72. The monoisotopic (exact) mass is 224 g/mol. The number of aryl methyl sites for hydroxylation is 1. The molecular formula is C8H8N4O2S. The highest BCUT2D eigenvalue weighted by Crippen LogP contribution is 2.21. The average Bonchev–Trinajstić information content (AvgIpc) is 2.84. The summed E-state index contributed by atoms with van der Waals surface area (Å²) in [6, 6.07) is 0. The Morgan fingerprint density at radius 1 is 1.60 bits per heavy atom. The van der Waals surface area contributed by atoms with E-state index in [1.54, 1.807) is 13.2 Å². The number of rotatable bonds is 3. The molecule has 0 aromatic carbocycles. The van der Waals surface area contributed by atoms with Gasteiger partial charge in [-0.15, -0.1) is 5.10 Å². The van der Waals surface area contributed by atoms with Gasteiger partial charge in [-0.3, -0.25) is 9.48 Å². The fourth-order valence-corrected chi connectivity index (χ4v) is 1.71. The maximum absolute atomic E-state index is 11.8. The molecule has 0 aliphatic heterocycles. The van der Waals surface area contributed by atoms with Crippen LogP contribution in [0.25, 0.3) is 0 Å². The zero-order valence-electron chi connectivity index (χ0n) is 8.17. The molecule has 0 bridgehead atoms. The molecule has 0 saturated carbocycles. The SMILES string of the molecule is COc1ncc(C(=O)c2cn(C)nn2)s1. The number of hydrogen-bond donors (Lipinski definition) is 0. The standard InChI is InChI=1S/C8H8N4O2S/c1-12-4-5(10-11-12)7(13)6-3-9-8(14-2)15-6/h3-4H,1-2H3. The number of carbonyl (C=O) groups excluding carboxylic acids is 1. The van der Waals surface area contributed by atoms with Gasteiger partial charge < -0.3 is 4.74 Å². The van der Waals surface area contributed by atoms with Gasteiger partial charge >= 0.3 is 0 Å². The van der Waals surface area contributed by atoms with Crippen molar-refractivity contribution in [1.82, 2.24) is 20.0 Å². The molecule has 0 atom stereocenters. The second kappa shape index (κ2) is 3.77. The van der Waals surface area contributed by atoms with Gasteiger partial charge in [0.05, 0.1) is 19.5 Å². The van der Waals surface area contributed by atoms with Crippen molar-refractivity contribution in [1.29, 1.82) is 0 Å². The summed E-state index contributed by atoms with van der Waals surface area (Å²) in [6.45, 7) is 0. The minimum Gasteiger partial charge on any atom is -0.473 e. The Morgan fingerprint density at radius 2 is 2.40 bits per heavy atom. The van der Waals surface area contributed by atoms with E-state index in [-0.39, 0.29) is 5.78 Å². The Labute approximate surface area is 89.5 Å². The van der Waals surface area contributed by atoms with Gasteiger partial charge in [-0.1, -0.05) is 16.6 Å². The molecule has 0 aliphatic rings. The first-order valence-electron chi connectivity index (χ1n) is 4.11. The van der Waals surface area contributed by atoms with Gasteiger partial charge in [0.1, 0.15) is 4.88 Å². The smallest absolute Gasteiger partial charge is 0.273 e. The van der Waals surface area contributed by atoms with Crippen LogP contribution < -0.4 is 4.74 Å². The summed E-state index contributed by atoms with van der Waals surface area (Å²) in [6.07, 6.45) is 3.04. The van der Waals surface area contributed by atoms with E-state index in [4.69, 9.17) is 4.74 Å². The van der Waals surface area contributed by atoms with Crippen LogP contribution in [0.5, 0.6) is 5.19 Å². The Bertz CT molecular complexity index is 490. The Balaban J connectivity index is 2.28. The van der Waals surface area contributed by atoms with E-state index >= 15 is 0 Å². The molecule has 15 heavy (non-hydrogen) atoms. The number of thiazole rings is 1. The van der Waals surface area contributed by atoms with Crippen LogP contribution in [0.2, 0.25) is 0 Å². The number of aromatic nitrogens is 4. The first kappa shape index (κ1) is 9.78. The van der Waals surface area contributed by atoms with Crippen molar-refractivity contribution in [2.75, 3.05) is 7.11 Å². The van der Waals surface area contributed by atoms with Crippen LogP contribution in [-0.2, 0) is 7.05 Å². The molecular weight excluding hydrogens is 216 g/mol. The van der Waals surface area contributed by atoms with E-state index < -0.39 is 0 Å². The molecule has 0 unspecified atom stereocenters. The van der Waals surface area contributed by atoms with Gasteiger partial charge in [0.2, 0.25) is 5.78 Å². The van der Waals surface area contributed by atoms with Crippen LogP contribution in [0.4, 0.5) is 0 Å². The Morgan fingerprint density at radius 3 is 2.93 bits per heavy atom. The van der Waals surface area contributed by atoms with Crippen molar-refractivity contribution >= 4 is 17.1 Å². The number of hydrogen-bond acceptors (Lipinski definition) is 6. The van der Waals surface area contributed by atoms with Gasteiger partial charge in [-0.05, 0) is 0 Å². The van der Waals surface area contributed by atoms with E-state index in [0.717, 1.165) is 0 Å².